The van der Waals surface area contributed by atoms with Gasteiger partial charge in [-0.25, -0.2) is 0 Å². The molecule has 5 atom stereocenters. The second-order valence-corrected chi connectivity index (χ2v) is 14.7. The van der Waals surface area contributed by atoms with E-state index in [0.717, 1.165) is 16.7 Å². The van der Waals surface area contributed by atoms with Crippen LogP contribution < -0.4 is 15.0 Å². The maximum atomic E-state index is 14.8. The van der Waals surface area contributed by atoms with Crippen LogP contribution in [0.2, 0.25) is 0 Å². The Morgan fingerprint density at radius 3 is 2.31 bits per heavy atom. The van der Waals surface area contributed by atoms with Gasteiger partial charge in [-0.2, -0.15) is 0 Å². The first-order chi connectivity index (χ1) is 24.9. The minimum absolute atomic E-state index is 0.0431. The third-order valence-corrected chi connectivity index (χ3v) is 11.1. The molecule has 10 nitrogen and oxygen atoms in total. The summed E-state index contributed by atoms with van der Waals surface area (Å²) in [5.74, 6) is -1.05. The maximum Gasteiger partial charge on any atom is 0.264 e. The Morgan fingerprint density at radius 1 is 0.962 bits per heavy atom. The van der Waals surface area contributed by atoms with Crippen molar-refractivity contribution in [2.75, 3.05) is 23.9 Å². The van der Waals surface area contributed by atoms with Gasteiger partial charge in [0.15, 0.2) is 5.60 Å². The highest BCUT2D eigenvalue weighted by Gasteiger charge is 2.66. The zero-order chi connectivity index (χ0) is 36.8. The third-order valence-electron chi connectivity index (χ3n) is 11.1. The number of methoxy groups -OCH3 is 1. The van der Waals surface area contributed by atoms with Gasteiger partial charge in [0.05, 0.1) is 50.1 Å². The molecule has 270 valence electrons. The Kier molecular flexibility index (Phi) is 9.41. The van der Waals surface area contributed by atoms with E-state index in [0.29, 0.717) is 41.2 Å². The minimum atomic E-state index is -1.41. The highest BCUT2D eigenvalue weighted by molar-refractivity contribution is 6.07. The quantitative estimate of drug-likeness (QED) is 0.212. The van der Waals surface area contributed by atoms with E-state index in [4.69, 9.17) is 9.47 Å². The van der Waals surface area contributed by atoms with Crippen LogP contribution in [-0.2, 0) is 39.4 Å². The first-order valence-corrected chi connectivity index (χ1v) is 17.8. The van der Waals surface area contributed by atoms with Crippen molar-refractivity contribution in [3.05, 3.63) is 125 Å². The Hall–Kier alpha value is -5.03. The van der Waals surface area contributed by atoms with Crippen LogP contribution >= 0.6 is 0 Å². The summed E-state index contributed by atoms with van der Waals surface area (Å²) in [5.41, 5.74) is 2.86. The van der Waals surface area contributed by atoms with E-state index >= 15 is 0 Å². The first kappa shape index (κ1) is 35.4. The van der Waals surface area contributed by atoms with E-state index < -0.39 is 29.1 Å². The number of hydrogen-bond acceptors (Lipinski definition) is 7. The molecule has 4 aromatic rings. The Morgan fingerprint density at radius 2 is 1.63 bits per heavy atom. The van der Waals surface area contributed by atoms with Crippen LogP contribution in [0.5, 0.6) is 5.75 Å². The maximum absolute atomic E-state index is 14.8. The summed E-state index contributed by atoms with van der Waals surface area (Å²) in [7, 11) is 1.57. The largest absolute Gasteiger partial charge is 0.497 e. The average Bonchev–Trinajstić information content (AvgIpc) is 3.57. The monoisotopic (exact) mass is 703 g/mol. The molecule has 7 rings (SSSR count). The summed E-state index contributed by atoms with van der Waals surface area (Å²) in [5, 5.41) is 24.7. The number of fused-ring (bicyclic) bond motifs is 3. The van der Waals surface area contributed by atoms with Crippen LogP contribution in [-0.4, -0.2) is 64.3 Å². The zero-order valence-electron chi connectivity index (χ0n) is 29.9. The lowest BCUT2D eigenvalue weighted by Gasteiger charge is -2.38. The molecule has 1 spiro atoms. The lowest BCUT2D eigenvalue weighted by atomic mass is 9.70. The molecule has 0 aromatic heterocycles. The zero-order valence-corrected chi connectivity index (χ0v) is 29.9. The Labute approximate surface area is 304 Å². The number of carbonyl (C=O) groups excluding carboxylic acids is 3. The highest BCUT2D eigenvalue weighted by atomic mass is 16.5. The molecule has 0 unspecified atom stereocenters. The van der Waals surface area contributed by atoms with Crippen molar-refractivity contribution in [1.82, 2.24) is 4.90 Å². The minimum Gasteiger partial charge on any atom is -0.497 e. The smallest absolute Gasteiger partial charge is 0.264 e. The fourth-order valence-corrected chi connectivity index (χ4v) is 8.54. The van der Waals surface area contributed by atoms with Crippen molar-refractivity contribution in [2.45, 2.75) is 70.1 Å². The topological polar surface area (TPSA) is 129 Å². The number of benzene rings is 4. The second-order valence-electron chi connectivity index (χ2n) is 14.7. The molecule has 0 radical (unpaired) electrons. The molecule has 3 aliphatic heterocycles. The van der Waals surface area contributed by atoms with Gasteiger partial charge in [-0.1, -0.05) is 61.5 Å². The van der Waals surface area contributed by atoms with Crippen molar-refractivity contribution in [1.29, 1.82) is 0 Å². The molecular formula is C42H45N3O7. The molecule has 1 saturated heterocycles. The van der Waals surface area contributed by atoms with E-state index in [1.54, 1.807) is 67.2 Å². The molecule has 0 saturated carbocycles. The van der Waals surface area contributed by atoms with Gasteiger partial charge in [-0.05, 0) is 79.4 Å². The van der Waals surface area contributed by atoms with E-state index in [2.05, 4.69) is 5.32 Å². The van der Waals surface area contributed by atoms with Gasteiger partial charge >= 0.3 is 0 Å². The second kappa shape index (κ2) is 13.8. The SMILES string of the molecule is COc1ccc(C(=O)Nc2ccc(CN3C(=O)[C@@]4(O[C@@H](CC(=O)N5Cc6ccccc6C[C@H]5CO)[C@H](C(C)(C)O)[C@H]4C)c4ccccc43)cc2)cc1. The van der Waals surface area contributed by atoms with Gasteiger partial charge in [0, 0.05) is 35.2 Å². The predicted molar refractivity (Wildman–Crippen MR) is 197 cm³/mol. The molecule has 3 heterocycles. The van der Waals surface area contributed by atoms with Gasteiger partial charge in [-0.3, -0.25) is 14.4 Å². The van der Waals surface area contributed by atoms with Crippen LogP contribution in [0.25, 0.3) is 0 Å². The third kappa shape index (κ3) is 6.25. The van der Waals surface area contributed by atoms with E-state index in [1.807, 2.05) is 67.6 Å². The number of ether oxygens (including phenoxy) is 2. The molecule has 3 aliphatic rings. The number of anilines is 2. The van der Waals surface area contributed by atoms with Gasteiger partial charge in [-0.15, -0.1) is 0 Å². The summed E-state index contributed by atoms with van der Waals surface area (Å²) < 4.78 is 12.1. The molecule has 0 aliphatic carbocycles. The van der Waals surface area contributed by atoms with Crippen LogP contribution in [0, 0.1) is 11.8 Å². The number of para-hydroxylation sites is 1. The summed E-state index contributed by atoms with van der Waals surface area (Å²) in [6.45, 7) is 5.80. The molecule has 1 fully saturated rings. The summed E-state index contributed by atoms with van der Waals surface area (Å²) in [6, 6.07) is 29.3. The lowest BCUT2D eigenvalue weighted by molar-refractivity contribution is -0.151. The number of rotatable bonds is 9. The molecular weight excluding hydrogens is 658 g/mol. The molecule has 3 N–H and O–H groups in total. The number of amides is 3. The van der Waals surface area contributed by atoms with Crippen molar-refractivity contribution in [2.24, 2.45) is 11.8 Å². The number of aliphatic hydroxyl groups excluding tert-OH is 1. The number of carbonyl (C=O) groups is 3. The van der Waals surface area contributed by atoms with Crippen LogP contribution in [0.15, 0.2) is 97.1 Å². The fraction of sp³-hybridized carbons (Fsp3) is 0.357. The van der Waals surface area contributed by atoms with E-state index in [9.17, 15) is 24.6 Å². The van der Waals surface area contributed by atoms with Gasteiger partial charge in [0.2, 0.25) is 5.91 Å². The molecule has 0 bridgehead atoms. The number of hydrogen-bond donors (Lipinski definition) is 3. The summed E-state index contributed by atoms with van der Waals surface area (Å²) in [6.07, 6.45) is -0.251. The van der Waals surface area contributed by atoms with Crippen LogP contribution in [0.4, 0.5) is 11.4 Å². The fourth-order valence-electron chi connectivity index (χ4n) is 8.54. The Balaban J connectivity index is 1.12. The number of nitrogens with one attached hydrogen (secondary N) is 1. The molecule has 10 heteroatoms. The summed E-state index contributed by atoms with van der Waals surface area (Å²) in [4.78, 5) is 45.1. The van der Waals surface area contributed by atoms with Crippen molar-refractivity contribution >= 4 is 29.1 Å². The van der Waals surface area contributed by atoms with E-state index in [1.165, 1.54) is 0 Å². The molecule has 3 amide bonds. The van der Waals surface area contributed by atoms with Crippen LogP contribution in [0.1, 0.15) is 59.8 Å². The van der Waals surface area contributed by atoms with Gasteiger partial charge in [0.25, 0.3) is 11.8 Å². The predicted octanol–water partition coefficient (Wildman–Crippen LogP) is 5.45. The van der Waals surface area contributed by atoms with Crippen LogP contribution in [0.3, 0.4) is 0 Å². The molecule has 52 heavy (non-hydrogen) atoms. The number of aliphatic hydroxyl groups is 2. The lowest BCUT2D eigenvalue weighted by Crippen LogP contribution is -2.48. The van der Waals surface area contributed by atoms with Gasteiger partial charge in [0.1, 0.15) is 5.75 Å². The van der Waals surface area contributed by atoms with E-state index in [-0.39, 0.29) is 43.3 Å². The Bertz CT molecular complexity index is 1970. The summed E-state index contributed by atoms with van der Waals surface area (Å²) >= 11 is 0. The first-order valence-electron chi connectivity index (χ1n) is 17.8. The van der Waals surface area contributed by atoms with Crippen molar-refractivity contribution in [3.63, 3.8) is 0 Å². The van der Waals surface area contributed by atoms with Crippen molar-refractivity contribution in [3.8, 4) is 5.75 Å². The van der Waals surface area contributed by atoms with Crippen molar-refractivity contribution < 1.29 is 34.1 Å². The van der Waals surface area contributed by atoms with Gasteiger partial charge < -0.3 is 34.8 Å². The number of nitrogens with zero attached hydrogens (tertiary/aromatic N) is 2. The normalized spacial score (nSPS) is 23.8. The molecule has 4 aromatic carbocycles. The standard InChI is InChI=1S/C42H45N3O7/c1-26-38(41(2,3)50)36(22-37(47)44-24-30-10-6-5-9-29(30)21-32(44)25-46)52-42(26)34-11-7-8-12-35(34)45(40(42)49)23-27-13-17-31(18-14-27)43-39(48)28-15-19-33(51-4)20-16-28/h5-20,26,32,36,38,46,50H,21-25H2,1-4H3,(H,43,48)/t26-,32+,36+,38-,42+/m1/s1. The highest BCUT2D eigenvalue weighted by Crippen LogP contribution is 2.58. The average molecular weight is 704 g/mol.